The molecule has 9 heteroatoms. The van der Waals surface area contributed by atoms with Gasteiger partial charge in [-0.05, 0) is 30.7 Å². The second kappa shape index (κ2) is 6.94. The Morgan fingerprint density at radius 1 is 1.25 bits per heavy atom. The van der Waals surface area contributed by atoms with Crippen LogP contribution >= 0.6 is 0 Å². The molecular formula is C23H19FN4O4. The average Bonchev–Trinajstić information content (AvgIpc) is 3.27. The van der Waals surface area contributed by atoms with E-state index in [2.05, 4.69) is 10.2 Å². The molecule has 1 amide bonds. The van der Waals surface area contributed by atoms with Crippen LogP contribution in [-0.2, 0) is 26.3 Å². The Bertz CT molecular complexity index is 1300. The van der Waals surface area contributed by atoms with Crippen molar-refractivity contribution in [2.45, 2.75) is 18.9 Å². The van der Waals surface area contributed by atoms with Gasteiger partial charge in [0, 0.05) is 16.9 Å². The largest absolute Gasteiger partial charge is 0.465 e. The van der Waals surface area contributed by atoms with Gasteiger partial charge in [0.25, 0.3) is 0 Å². The second-order valence-electron chi connectivity index (χ2n) is 7.65. The number of methoxy groups -OCH3 is 1. The van der Waals surface area contributed by atoms with E-state index in [4.69, 9.17) is 15.2 Å². The molecule has 3 N–H and O–H groups in total. The van der Waals surface area contributed by atoms with Crippen molar-refractivity contribution in [1.29, 1.82) is 0 Å². The van der Waals surface area contributed by atoms with Crippen LogP contribution in [-0.4, -0.2) is 29.2 Å². The lowest BCUT2D eigenvalue weighted by Crippen LogP contribution is -2.48. The number of benzene rings is 2. The van der Waals surface area contributed by atoms with Crippen LogP contribution in [0.15, 0.2) is 60.0 Å². The maximum Gasteiger partial charge on any atom is 0.340 e. The van der Waals surface area contributed by atoms with Crippen molar-refractivity contribution >= 4 is 17.6 Å². The highest BCUT2D eigenvalue weighted by Crippen LogP contribution is 2.56. The summed E-state index contributed by atoms with van der Waals surface area (Å²) in [6.07, 6.45) is 0. The molecule has 32 heavy (non-hydrogen) atoms. The molecule has 0 aliphatic carbocycles. The smallest absolute Gasteiger partial charge is 0.340 e. The van der Waals surface area contributed by atoms with Gasteiger partial charge >= 0.3 is 5.97 Å². The van der Waals surface area contributed by atoms with Crippen LogP contribution in [0.1, 0.15) is 22.4 Å². The Morgan fingerprint density at radius 3 is 2.69 bits per heavy atom. The third-order valence-electron chi connectivity index (χ3n) is 5.93. The van der Waals surface area contributed by atoms with Gasteiger partial charge in [-0.15, -0.1) is 5.10 Å². The van der Waals surface area contributed by atoms with Crippen LogP contribution in [0.2, 0.25) is 0 Å². The van der Waals surface area contributed by atoms with Crippen molar-refractivity contribution in [3.63, 3.8) is 0 Å². The number of H-pyrrole nitrogens is 1. The summed E-state index contributed by atoms with van der Waals surface area (Å²) in [5, 5.41) is 6.97. The van der Waals surface area contributed by atoms with Crippen LogP contribution in [0, 0.1) is 12.7 Å². The Morgan fingerprint density at radius 2 is 1.97 bits per heavy atom. The summed E-state index contributed by atoms with van der Waals surface area (Å²) in [7, 11) is 1.22. The number of fused-ring (bicyclic) bond motifs is 4. The number of ether oxygens (including phenoxy) is 2. The number of nitrogens with two attached hydrogens (primary N) is 1. The molecule has 1 atom stereocenters. The zero-order chi connectivity index (χ0) is 22.6. The van der Waals surface area contributed by atoms with Crippen LogP contribution in [0.3, 0.4) is 0 Å². The Kier molecular flexibility index (Phi) is 4.30. The minimum atomic E-state index is -1.60. The summed E-state index contributed by atoms with van der Waals surface area (Å²) in [6, 6.07) is 13.0. The standard InChI is InChI=1S/C23H19FN4O4/c1-12-17-20(27-26-12)32-19(25)18(21(29)31-2)23(17)15-5-3-4-6-16(15)28(22(23)30)11-13-7-9-14(24)10-8-13/h3-10H,11,25H2,1-2H3,(H,26,27). The summed E-state index contributed by atoms with van der Waals surface area (Å²) in [6.45, 7) is 1.91. The van der Waals surface area contributed by atoms with Gasteiger partial charge in [0.1, 0.15) is 16.8 Å². The van der Waals surface area contributed by atoms with E-state index in [1.165, 1.54) is 19.2 Å². The number of aromatic nitrogens is 2. The molecule has 1 unspecified atom stereocenters. The number of carbonyl (C=O) groups excluding carboxylic acids is 2. The number of amides is 1. The maximum atomic E-state index is 14.3. The van der Waals surface area contributed by atoms with E-state index in [1.54, 1.807) is 48.2 Å². The molecule has 1 spiro atoms. The molecule has 8 nitrogen and oxygen atoms in total. The van der Waals surface area contributed by atoms with Crippen LogP contribution in [0.5, 0.6) is 5.88 Å². The second-order valence-corrected chi connectivity index (χ2v) is 7.65. The van der Waals surface area contributed by atoms with Gasteiger partial charge < -0.3 is 20.1 Å². The van der Waals surface area contributed by atoms with Gasteiger partial charge in [0.05, 0.1) is 19.2 Å². The minimum absolute atomic E-state index is 0.101. The molecule has 0 radical (unpaired) electrons. The molecule has 2 aliphatic heterocycles. The zero-order valence-corrected chi connectivity index (χ0v) is 17.3. The quantitative estimate of drug-likeness (QED) is 0.613. The summed E-state index contributed by atoms with van der Waals surface area (Å²) in [4.78, 5) is 28.8. The van der Waals surface area contributed by atoms with Crippen molar-refractivity contribution in [2.75, 3.05) is 12.0 Å². The Balaban J connectivity index is 1.79. The first-order chi connectivity index (χ1) is 15.4. The molecule has 3 aromatic rings. The number of aryl methyl sites for hydroxylation is 1. The predicted octanol–water partition coefficient (Wildman–Crippen LogP) is 2.43. The van der Waals surface area contributed by atoms with E-state index in [1.807, 2.05) is 0 Å². The highest BCUT2D eigenvalue weighted by Gasteiger charge is 2.62. The number of nitrogens with one attached hydrogen (secondary N) is 1. The summed E-state index contributed by atoms with van der Waals surface area (Å²) >= 11 is 0. The molecule has 0 fully saturated rings. The van der Waals surface area contributed by atoms with E-state index in [-0.39, 0.29) is 29.7 Å². The molecule has 3 heterocycles. The lowest BCUT2D eigenvalue weighted by molar-refractivity contribution is -0.138. The highest BCUT2D eigenvalue weighted by atomic mass is 19.1. The van der Waals surface area contributed by atoms with Crippen LogP contribution in [0.4, 0.5) is 10.1 Å². The first-order valence-electron chi connectivity index (χ1n) is 9.87. The summed E-state index contributed by atoms with van der Waals surface area (Å²) in [5.41, 5.74) is 7.31. The van der Waals surface area contributed by atoms with Gasteiger partial charge in [-0.3, -0.25) is 9.89 Å². The van der Waals surface area contributed by atoms with E-state index < -0.39 is 17.3 Å². The number of para-hydroxylation sites is 1. The number of hydrogen-bond acceptors (Lipinski definition) is 6. The molecule has 2 aromatic carbocycles. The van der Waals surface area contributed by atoms with Gasteiger partial charge in [0.2, 0.25) is 17.7 Å². The van der Waals surface area contributed by atoms with Gasteiger partial charge in [-0.1, -0.05) is 30.3 Å². The highest BCUT2D eigenvalue weighted by molar-refractivity contribution is 6.18. The third-order valence-corrected chi connectivity index (χ3v) is 5.93. The Labute approximate surface area is 182 Å². The summed E-state index contributed by atoms with van der Waals surface area (Å²) < 4.78 is 24.0. The number of nitrogens with zero attached hydrogens (tertiary/aromatic N) is 2. The van der Waals surface area contributed by atoms with E-state index in [0.29, 0.717) is 22.5 Å². The fourth-order valence-electron chi connectivity index (χ4n) is 4.61. The van der Waals surface area contributed by atoms with Crippen molar-refractivity contribution in [2.24, 2.45) is 5.73 Å². The zero-order valence-electron chi connectivity index (χ0n) is 17.3. The normalized spacial score (nSPS) is 19.1. The van der Waals surface area contributed by atoms with E-state index in [9.17, 15) is 14.0 Å². The third kappa shape index (κ3) is 2.51. The van der Waals surface area contributed by atoms with E-state index >= 15 is 0 Å². The van der Waals surface area contributed by atoms with E-state index in [0.717, 1.165) is 5.56 Å². The molecule has 0 saturated carbocycles. The van der Waals surface area contributed by atoms with Crippen LogP contribution < -0.4 is 15.4 Å². The number of halogens is 1. The van der Waals surface area contributed by atoms with Gasteiger partial charge in [0.15, 0.2) is 0 Å². The van der Waals surface area contributed by atoms with Crippen molar-refractivity contribution in [3.8, 4) is 5.88 Å². The van der Waals surface area contributed by atoms with Gasteiger partial charge in [-0.25, -0.2) is 9.18 Å². The maximum absolute atomic E-state index is 14.3. The SMILES string of the molecule is COC(=O)C1=C(N)Oc2n[nH]c(C)c2C12C(=O)N(Cc1ccc(F)cc1)c1ccccc12. The molecule has 1 aromatic heterocycles. The molecule has 2 aliphatic rings. The van der Waals surface area contributed by atoms with Gasteiger partial charge in [-0.2, -0.15) is 0 Å². The predicted molar refractivity (Wildman–Crippen MR) is 112 cm³/mol. The molecule has 162 valence electrons. The first-order valence-corrected chi connectivity index (χ1v) is 9.87. The fourth-order valence-corrected chi connectivity index (χ4v) is 4.61. The van der Waals surface area contributed by atoms with Crippen LogP contribution in [0.25, 0.3) is 0 Å². The topological polar surface area (TPSA) is 111 Å². The number of aromatic amines is 1. The van der Waals surface area contributed by atoms with Crippen molar-refractivity contribution in [1.82, 2.24) is 10.2 Å². The Hall–Kier alpha value is -4.14. The molecule has 5 rings (SSSR count). The summed E-state index contributed by atoms with van der Waals surface area (Å²) in [5.74, 6) is -1.67. The lowest BCUT2D eigenvalue weighted by Gasteiger charge is -2.34. The fraction of sp³-hybridized carbons (Fsp3) is 0.174. The average molecular weight is 434 g/mol. The molecule has 0 bridgehead atoms. The number of rotatable bonds is 3. The number of esters is 1. The van der Waals surface area contributed by atoms with Crippen molar-refractivity contribution < 1.29 is 23.5 Å². The monoisotopic (exact) mass is 434 g/mol. The number of carbonyl (C=O) groups is 2. The minimum Gasteiger partial charge on any atom is -0.465 e. The van der Waals surface area contributed by atoms with Crippen molar-refractivity contribution in [3.05, 3.63) is 88.2 Å². The number of anilines is 1. The number of hydrogen-bond donors (Lipinski definition) is 2. The lowest BCUT2D eigenvalue weighted by atomic mass is 9.68. The molecular weight excluding hydrogens is 415 g/mol. The molecule has 0 saturated heterocycles. The first kappa shape index (κ1) is 19.8.